The highest BCUT2D eigenvalue weighted by Gasteiger charge is 2.33. The number of amides is 1. The van der Waals surface area contributed by atoms with Gasteiger partial charge in [0.25, 0.3) is 5.91 Å². The van der Waals surface area contributed by atoms with Gasteiger partial charge in [0.1, 0.15) is 6.04 Å². The highest BCUT2D eigenvalue weighted by atomic mass is 16.2. The van der Waals surface area contributed by atoms with E-state index in [0.29, 0.717) is 18.1 Å². The van der Waals surface area contributed by atoms with Crippen LogP contribution in [0.5, 0.6) is 0 Å². The van der Waals surface area contributed by atoms with Crippen LogP contribution in [0, 0.1) is 0 Å². The summed E-state index contributed by atoms with van der Waals surface area (Å²) in [6.45, 7) is 4.07. The van der Waals surface area contributed by atoms with Gasteiger partial charge in [-0.05, 0) is 31.2 Å². The van der Waals surface area contributed by atoms with E-state index >= 15 is 0 Å². The molecule has 26 heavy (non-hydrogen) atoms. The molecule has 1 aliphatic rings. The van der Waals surface area contributed by atoms with E-state index in [-0.39, 0.29) is 11.9 Å². The summed E-state index contributed by atoms with van der Waals surface area (Å²) in [5, 5.41) is 3.04. The Balaban J connectivity index is 1.69. The quantitative estimate of drug-likeness (QED) is 0.783. The molecule has 0 bridgehead atoms. The van der Waals surface area contributed by atoms with Gasteiger partial charge >= 0.3 is 0 Å². The van der Waals surface area contributed by atoms with Gasteiger partial charge in [0.05, 0.1) is 11.3 Å². The van der Waals surface area contributed by atoms with Gasteiger partial charge in [-0.2, -0.15) is 0 Å². The van der Waals surface area contributed by atoms with E-state index < -0.39 is 0 Å². The molecule has 3 aromatic rings. The van der Waals surface area contributed by atoms with Crippen molar-refractivity contribution in [2.24, 2.45) is 0 Å². The molecule has 4 rings (SSSR count). The number of carbonyl (C=O) groups is 1. The Bertz CT molecular complexity index is 890. The van der Waals surface area contributed by atoms with Crippen molar-refractivity contribution in [1.82, 2.24) is 24.4 Å². The first-order valence-electron chi connectivity index (χ1n) is 8.70. The minimum atomic E-state index is -0.221. The van der Waals surface area contributed by atoms with Crippen LogP contribution in [0.15, 0.2) is 55.1 Å². The topological polar surface area (TPSA) is 75.9 Å². The first-order valence-corrected chi connectivity index (χ1v) is 8.70. The molecule has 1 amide bonds. The van der Waals surface area contributed by atoms with Crippen molar-refractivity contribution in [2.45, 2.75) is 19.5 Å². The van der Waals surface area contributed by atoms with Gasteiger partial charge in [-0.25, -0.2) is 9.97 Å². The van der Waals surface area contributed by atoms with Crippen LogP contribution in [0.25, 0.3) is 0 Å². The van der Waals surface area contributed by atoms with Gasteiger partial charge in [0.2, 0.25) is 5.95 Å². The summed E-state index contributed by atoms with van der Waals surface area (Å²) in [5.41, 5.74) is 2.40. The fourth-order valence-corrected chi connectivity index (χ4v) is 3.30. The molecule has 3 aromatic heterocycles. The molecule has 0 aromatic carbocycles. The summed E-state index contributed by atoms with van der Waals surface area (Å²) < 4.78 is 2.17. The second kappa shape index (κ2) is 6.95. The van der Waals surface area contributed by atoms with E-state index in [1.807, 2.05) is 48.4 Å². The zero-order valence-electron chi connectivity index (χ0n) is 14.5. The van der Waals surface area contributed by atoms with E-state index in [4.69, 9.17) is 0 Å². The van der Waals surface area contributed by atoms with Crippen LogP contribution in [-0.4, -0.2) is 43.4 Å². The van der Waals surface area contributed by atoms with Gasteiger partial charge in [-0.15, -0.1) is 0 Å². The number of hydrogen-bond acceptors (Lipinski definition) is 5. The molecule has 1 N–H and O–H groups in total. The van der Waals surface area contributed by atoms with Gasteiger partial charge < -0.3 is 14.8 Å². The van der Waals surface area contributed by atoms with Gasteiger partial charge in [-0.3, -0.25) is 9.78 Å². The molecule has 0 radical (unpaired) electrons. The fourth-order valence-electron chi connectivity index (χ4n) is 3.30. The van der Waals surface area contributed by atoms with E-state index in [1.54, 1.807) is 18.6 Å². The van der Waals surface area contributed by atoms with Crippen molar-refractivity contribution in [3.05, 3.63) is 72.1 Å². The number of hydrogen-bond donors (Lipinski definition) is 1. The molecule has 1 atom stereocenters. The Hall–Kier alpha value is -3.22. The number of fused-ring (bicyclic) bond motifs is 1. The lowest BCUT2D eigenvalue weighted by atomic mass is 10.0. The van der Waals surface area contributed by atoms with Crippen LogP contribution >= 0.6 is 0 Å². The Morgan fingerprint density at radius 3 is 2.73 bits per heavy atom. The normalized spacial score (nSPS) is 16.2. The average molecular weight is 348 g/mol. The first kappa shape index (κ1) is 16.3. The third-order valence-electron chi connectivity index (χ3n) is 4.50. The van der Waals surface area contributed by atoms with Crippen LogP contribution in [0.1, 0.15) is 34.7 Å². The maximum atomic E-state index is 13.2. The van der Waals surface area contributed by atoms with Gasteiger partial charge in [0, 0.05) is 50.1 Å². The Morgan fingerprint density at radius 1 is 1.15 bits per heavy atom. The molecule has 7 nitrogen and oxygen atoms in total. The maximum Gasteiger partial charge on any atom is 0.257 e. The number of aromatic nitrogens is 4. The molecule has 0 fully saturated rings. The van der Waals surface area contributed by atoms with Crippen LogP contribution < -0.4 is 5.32 Å². The molecule has 7 heteroatoms. The van der Waals surface area contributed by atoms with Crippen molar-refractivity contribution in [3.8, 4) is 0 Å². The summed E-state index contributed by atoms with van der Waals surface area (Å²) in [5.74, 6) is 0.439. The van der Waals surface area contributed by atoms with E-state index in [9.17, 15) is 4.79 Å². The lowest BCUT2D eigenvalue weighted by Crippen LogP contribution is -2.42. The van der Waals surface area contributed by atoms with Crippen LogP contribution in [0.3, 0.4) is 0 Å². The molecule has 4 heterocycles. The number of carbonyl (C=O) groups excluding carboxylic acids is 1. The average Bonchev–Trinajstić information content (AvgIpc) is 3.17. The minimum absolute atomic E-state index is 0.0869. The smallest absolute Gasteiger partial charge is 0.257 e. The number of rotatable bonds is 4. The summed E-state index contributed by atoms with van der Waals surface area (Å²) >= 11 is 0. The molecule has 132 valence electrons. The van der Waals surface area contributed by atoms with Crippen molar-refractivity contribution in [2.75, 3.05) is 18.4 Å². The number of pyridine rings is 1. The van der Waals surface area contributed by atoms with Crippen LogP contribution in [-0.2, 0) is 6.54 Å². The molecule has 0 saturated heterocycles. The molecule has 0 saturated carbocycles. The van der Waals surface area contributed by atoms with Crippen LogP contribution in [0.2, 0.25) is 0 Å². The summed E-state index contributed by atoms with van der Waals surface area (Å²) in [7, 11) is 0. The SMILES string of the molecule is CCNc1ncc(C(=O)N2CCn3cccc3C2c2ccccn2)cn1. The monoisotopic (exact) mass is 348 g/mol. The largest absolute Gasteiger partial charge is 0.355 e. The zero-order valence-corrected chi connectivity index (χ0v) is 14.5. The second-order valence-electron chi connectivity index (χ2n) is 6.11. The maximum absolute atomic E-state index is 13.2. The lowest BCUT2D eigenvalue weighted by molar-refractivity contribution is 0.0659. The minimum Gasteiger partial charge on any atom is -0.355 e. The van der Waals surface area contributed by atoms with Crippen molar-refractivity contribution in [1.29, 1.82) is 0 Å². The first-order chi connectivity index (χ1) is 12.8. The Labute approximate surface area is 151 Å². The Morgan fingerprint density at radius 2 is 2.00 bits per heavy atom. The number of nitrogens with zero attached hydrogens (tertiary/aromatic N) is 5. The third kappa shape index (κ3) is 2.92. The zero-order chi connectivity index (χ0) is 17.9. The van der Waals surface area contributed by atoms with Gasteiger partial charge in [-0.1, -0.05) is 6.07 Å². The molecule has 1 unspecified atom stereocenters. The predicted octanol–water partition coefficient (Wildman–Crippen LogP) is 2.35. The van der Waals surface area contributed by atoms with Crippen LogP contribution in [0.4, 0.5) is 5.95 Å². The second-order valence-corrected chi connectivity index (χ2v) is 6.11. The predicted molar refractivity (Wildman–Crippen MR) is 97.7 cm³/mol. The number of anilines is 1. The van der Waals surface area contributed by atoms with E-state index in [1.165, 1.54) is 0 Å². The highest BCUT2D eigenvalue weighted by molar-refractivity contribution is 5.94. The Kier molecular flexibility index (Phi) is 4.35. The summed E-state index contributed by atoms with van der Waals surface area (Å²) in [6.07, 6.45) is 6.96. The fraction of sp³-hybridized carbons (Fsp3) is 0.263. The highest BCUT2D eigenvalue weighted by Crippen LogP contribution is 2.32. The van der Waals surface area contributed by atoms with E-state index in [2.05, 4.69) is 24.8 Å². The molecule has 0 aliphatic carbocycles. The summed E-state index contributed by atoms with van der Waals surface area (Å²) in [6, 6.07) is 9.61. The lowest BCUT2D eigenvalue weighted by Gasteiger charge is -2.36. The van der Waals surface area contributed by atoms with Crippen molar-refractivity contribution < 1.29 is 4.79 Å². The van der Waals surface area contributed by atoms with Crippen molar-refractivity contribution >= 4 is 11.9 Å². The van der Waals surface area contributed by atoms with Gasteiger partial charge in [0.15, 0.2) is 0 Å². The standard InChI is InChI=1S/C19H20N6O/c1-2-20-19-22-12-14(13-23-19)18(26)25-11-10-24-9-5-7-16(24)17(25)15-6-3-4-8-21-15/h3-9,12-13,17H,2,10-11H2,1H3,(H,20,22,23). The third-order valence-corrected chi connectivity index (χ3v) is 4.50. The molecule has 0 spiro atoms. The van der Waals surface area contributed by atoms with Crippen molar-refractivity contribution in [3.63, 3.8) is 0 Å². The van der Waals surface area contributed by atoms with E-state index in [0.717, 1.165) is 24.5 Å². The molecule has 1 aliphatic heterocycles. The molecular formula is C19H20N6O. The number of nitrogens with one attached hydrogen (secondary N) is 1. The summed E-state index contributed by atoms with van der Waals surface area (Å²) in [4.78, 5) is 28.0. The molecular weight excluding hydrogens is 328 g/mol.